The molecule has 0 amide bonds. The summed E-state index contributed by atoms with van der Waals surface area (Å²) in [6.07, 6.45) is 0.938. The number of nitrogens with one attached hydrogen (secondary N) is 2. The zero-order valence-electron chi connectivity index (χ0n) is 17.4. The number of hydrogen-bond donors (Lipinski definition) is 2. The zero-order valence-corrected chi connectivity index (χ0v) is 20.4. The number of aromatic nitrogens is 4. The average Bonchev–Trinajstić information content (AvgIpc) is 3.30. The van der Waals surface area contributed by atoms with Gasteiger partial charge in [0.05, 0.1) is 5.69 Å². The van der Waals surface area contributed by atoms with Gasteiger partial charge in [0.2, 0.25) is 11.7 Å². The minimum atomic E-state index is 0. The predicted molar refractivity (Wildman–Crippen MR) is 129 cm³/mol. The summed E-state index contributed by atoms with van der Waals surface area (Å²) in [5, 5.41) is 15.7. The molecule has 0 saturated heterocycles. The van der Waals surface area contributed by atoms with E-state index in [9.17, 15) is 0 Å². The molecular weight excluding hydrogens is 517 g/mol. The van der Waals surface area contributed by atoms with E-state index in [1.165, 1.54) is 5.69 Å². The first-order valence-corrected chi connectivity index (χ1v) is 10.0. The number of rotatable bonds is 8. The molecular formula is C20H27ClIN7O. The fourth-order valence-electron chi connectivity index (χ4n) is 2.86. The number of nitrogens with zero attached hydrogens (tertiary/aromatic N) is 5. The second-order valence-corrected chi connectivity index (χ2v) is 7.08. The Balaban J connectivity index is 0.00000320. The van der Waals surface area contributed by atoms with Crippen molar-refractivity contribution in [3.05, 3.63) is 52.6 Å². The third-order valence-corrected chi connectivity index (χ3v) is 4.48. The van der Waals surface area contributed by atoms with E-state index in [0.29, 0.717) is 29.2 Å². The largest absolute Gasteiger partial charge is 0.357 e. The van der Waals surface area contributed by atoms with E-state index >= 15 is 0 Å². The van der Waals surface area contributed by atoms with Gasteiger partial charge in [-0.05, 0) is 57.5 Å². The second kappa shape index (κ2) is 11.9. The quantitative estimate of drug-likeness (QED) is 0.193. The van der Waals surface area contributed by atoms with Gasteiger partial charge < -0.3 is 15.2 Å². The Morgan fingerprint density at radius 1 is 1.20 bits per heavy atom. The Morgan fingerprint density at radius 2 is 1.97 bits per heavy atom. The van der Waals surface area contributed by atoms with Gasteiger partial charge in [-0.2, -0.15) is 10.1 Å². The lowest BCUT2D eigenvalue weighted by atomic mass is 10.2. The van der Waals surface area contributed by atoms with Crippen molar-refractivity contribution in [3.63, 3.8) is 0 Å². The van der Waals surface area contributed by atoms with Crippen molar-refractivity contribution in [3.8, 4) is 11.4 Å². The molecule has 0 aliphatic rings. The molecule has 0 radical (unpaired) electrons. The lowest BCUT2D eigenvalue weighted by molar-refractivity contribution is 0.380. The smallest absolute Gasteiger partial charge is 0.248 e. The van der Waals surface area contributed by atoms with Gasteiger partial charge in [0.25, 0.3) is 0 Å². The maximum Gasteiger partial charge on any atom is 0.248 e. The average molecular weight is 544 g/mol. The van der Waals surface area contributed by atoms with Gasteiger partial charge in [0.1, 0.15) is 6.54 Å². The van der Waals surface area contributed by atoms with E-state index in [1.54, 1.807) is 12.1 Å². The van der Waals surface area contributed by atoms with Crippen LogP contribution in [0.25, 0.3) is 11.4 Å². The maximum absolute atomic E-state index is 5.91. The van der Waals surface area contributed by atoms with E-state index < -0.39 is 0 Å². The van der Waals surface area contributed by atoms with E-state index in [4.69, 9.17) is 16.1 Å². The Labute approximate surface area is 198 Å². The van der Waals surface area contributed by atoms with Crippen LogP contribution in [0.5, 0.6) is 0 Å². The van der Waals surface area contributed by atoms with E-state index in [0.717, 1.165) is 37.3 Å². The lowest BCUT2D eigenvalue weighted by Crippen LogP contribution is -2.38. The summed E-state index contributed by atoms with van der Waals surface area (Å²) in [6.45, 7) is 8.81. The number of guanidine groups is 1. The molecule has 0 fully saturated rings. The highest BCUT2D eigenvalue weighted by Gasteiger charge is 2.09. The van der Waals surface area contributed by atoms with Crippen molar-refractivity contribution in [2.24, 2.45) is 4.99 Å². The third kappa shape index (κ3) is 6.98. The molecule has 30 heavy (non-hydrogen) atoms. The summed E-state index contributed by atoms with van der Waals surface area (Å²) in [5.41, 5.74) is 3.07. The molecule has 0 atom stereocenters. The first-order chi connectivity index (χ1) is 14.0. The van der Waals surface area contributed by atoms with Crippen LogP contribution < -0.4 is 10.6 Å². The van der Waals surface area contributed by atoms with Crippen LogP contribution in [0.1, 0.15) is 30.6 Å². The Morgan fingerprint density at radius 3 is 2.63 bits per heavy atom. The summed E-state index contributed by atoms with van der Waals surface area (Å²) in [7, 11) is 0. The van der Waals surface area contributed by atoms with Crippen molar-refractivity contribution in [2.45, 2.75) is 40.3 Å². The van der Waals surface area contributed by atoms with Gasteiger partial charge in [0.15, 0.2) is 5.96 Å². The minimum absolute atomic E-state index is 0. The van der Waals surface area contributed by atoms with E-state index in [2.05, 4.69) is 43.9 Å². The highest BCUT2D eigenvalue weighted by Crippen LogP contribution is 2.18. The van der Waals surface area contributed by atoms with Crippen molar-refractivity contribution in [1.82, 2.24) is 30.6 Å². The van der Waals surface area contributed by atoms with Gasteiger partial charge in [-0.1, -0.05) is 16.8 Å². The Kier molecular flexibility index (Phi) is 9.57. The summed E-state index contributed by atoms with van der Waals surface area (Å²) in [6, 6.07) is 9.39. The van der Waals surface area contributed by atoms with Crippen molar-refractivity contribution >= 4 is 41.5 Å². The van der Waals surface area contributed by atoms with Crippen molar-refractivity contribution < 1.29 is 4.52 Å². The molecule has 10 heteroatoms. The van der Waals surface area contributed by atoms with Crippen LogP contribution in [0.2, 0.25) is 5.02 Å². The van der Waals surface area contributed by atoms with Crippen molar-refractivity contribution in [1.29, 1.82) is 0 Å². The number of benzene rings is 1. The standard InChI is InChI=1S/C20H26ClN7O.HI/c1-4-22-20(23-10-5-11-28-15(3)12-14(2)26-28)24-13-18-25-19(27-29-18)16-6-8-17(21)9-7-16;/h6-9,12H,4-5,10-11,13H2,1-3H3,(H2,22,23,24);1H. The van der Waals surface area contributed by atoms with Crippen molar-refractivity contribution in [2.75, 3.05) is 13.1 Å². The van der Waals surface area contributed by atoms with E-state index in [1.807, 2.05) is 30.7 Å². The van der Waals surface area contributed by atoms with Gasteiger partial charge >= 0.3 is 0 Å². The molecule has 0 bridgehead atoms. The molecule has 2 aromatic heterocycles. The molecule has 2 heterocycles. The minimum Gasteiger partial charge on any atom is -0.357 e. The number of hydrogen-bond acceptors (Lipinski definition) is 5. The summed E-state index contributed by atoms with van der Waals surface area (Å²) < 4.78 is 7.33. The first-order valence-electron chi connectivity index (χ1n) is 9.67. The Hall–Kier alpha value is -2.14. The molecule has 0 aliphatic carbocycles. The van der Waals surface area contributed by atoms with Crippen LogP contribution in [0.15, 0.2) is 39.8 Å². The number of aliphatic imine (C=N–C) groups is 1. The van der Waals surface area contributed by atoms with Gasteiger partial charge in [-0.3, -0.25) is 4.68 Å². The van der Waals surface area contributed by atoms with Crippen LogP contribution >= 0.6 is 35.6 Å². The summed E-state index contributed by atoms with van der Waals surface area (Å²) in [4.78, 5) is 8.92. The molecule has 0 unspecified atom stereocenters. The van der Waals surface area contributed by atoms with Crippen LogP contribution in [-0.4, -0.2) is 39.0 Å². The van der Waals surface area contributed by atoms with Crippen LogP contribution in [0.3, 0.4) is 0 Å². The molecule has 3 rings (SSSR count). The molecule has 3 aromatic rings. The second-order valence-electron chi connectivity index (χ2n) is 6.64. The van der Waals surface area contributed by atoms with Crippen LogP contribution in [0.4, 0.5) is 0 Å². The molecule has 0 saturated carbocycles. The van der Waals surface area contributed by atoms with E-state index in [-0.39, 0.29) is 24.0 Å². The SMILES string of the molecule is CCNC(=NCc1nc(-c2ccc(Cl)cc2)no1)NCCCn1nc(C)cc1C.I. The third-order valence-electron chi connectivity index (χ3n) is 4.23. The summed E-state index contributed by atoms with van der Waals surface area (Å²) >= 11 is 5.91. The first kappa shape index (κ1) is 24.1. The topological polar surface area (TPSA) is 93.2 Å². The van der Waals surface area contributed by atoms with Crippen LogP contribution in [-0.2, 0) is 13.1 Å². The monoisotopic (exact) mass is 543 g/mol. The Bertz CT molecular complexity index is 952. The maximum atomic E-state index is 5.91. The highest BCUT2D eigenvalue weighted by molar-refractivity contribution is 14.0. The van der Waals surface area contributed by atoms with Crippen LogP contribution in [0, 0.1) is 13.8 Å². The molecule has 0 spiro atoms. The number of aryl methyl sites for hydroxylation is 3. The van der Waals surface area contributed by atoms with Gasteiger partial charge in [-0.25, -0.2) is 4.99 Å². The normalized spacial score (nSPS) is 11.3. The molecule has 2 N–H and O–H groups in total. The number of halogens is 2. The molecule has 1 aromatic carbocycles. The lowest BCUT2D eigenvalue weighted by Gasteiger charge is -2.11. The fraction of sp³-hybridized carbons (Fsp3) is 0.400. The fourth-order valence-corrected chi connectivity index (χ4v) is 2.99. The molecule has 0 aliphatic heterocycles. The van der Waals surface area contributed by atoms with Gasteiger partial charge in [0, 0.05) is 35.9 Å². The van der Waals surface area contributed by atoms with Gasteiger partial charge in [-0.15, -0.1) is 24.0 Å². The highest BCUT2D eigenvalue weighted by atomic mass is 127. The zero-order chi connectivity index (χ0) is 20.6. The molecule has 8 nitrogen and oxygen atoms in total. The predicted octanol–water partition coefficient (Wildman–Crippen LogP) is 3.97. The molecule has 162 valence electrons. The summed E-state index contributed by atoms with van der Waals surface area (Å²) in [5.74, 6) is 1.69.